The molecular weight excluding hydrogens is 274 g/mol. The summed E-state index contributed by atoms with van der Waals surface area (Å²) in [7, 11) is 0. The lowest BCUT2D eigenvalue weighted by molar-refractivity contribution is -0.122. The van der Waals surface area contributed by atoms with Crippen LogP contribution < -0.4 is 5.32 Å². The number of carbonyl (C=O) groups excluding carboxylic acids is 1. The first-order valence-corrected chi connectivity index (χ1v) is 8.51. The zero-order valence-electron chi connectivity index (χ0n) is 12.9. The minimum atomic E-state index is 0.189. The van der Waals surface area contributed by atoms with Gasteiger partial charge >= 0.3 is 0 Å². The van der Waals surface area contributed by atoms with E-state index in [2.05, 4.69) is 10.3 Å². The lowest BCUT2D eigenvalue weighted by atomic mass is 9.97. The summed E-state index contributed by atoms with van der Waals surface area (Å²) in [5.41, 5.74) is 1.94. The van der Waals surface area contributed by atoms with Crippen molar-refractivity contribution in [1.82, 2.24) is 14.7 Å². The van der Waals surface area contributed by atoms with E-state index >= 15 is 0 Å². The van der Waals surface area contributed by atoms with Crippen LogP contribution in [0.25, 0.3) is 5.65 Å². The van der Waals surface area contributed by atoms with Gasteiger partial charge in [-0.25, -0.2) is 4.98 Å². The predicted octanol–water partition coefficient (Wildman–Crippen LogP) is 2.96. The number of pyridine rings is 1. The van der Waals surface area contributed by atoms with Crippen molar-refractivity contribution in [3.05, 3.63) is 36.3 Å². The largest absolute Gasteiger partial charge is 0.353 e. The third-order valence-electron chi connectivity index (χ3n) is 5.45. The first-order chi connectivity index (χ1) is 10.8. The van der Waals surface area contributed by atoms with Crippen molar-refractivity contribution in [2.75, 3.05) is 0 Å². The summed E-state index contributed by atoms with van der Waals surface area (Å²) in [6.07, 6.45) is 11.8. The molecule has 2 aromatic heterocycles. The molecule has 2 saturated carbocycles. The molecule has 2 aliphatic carbocycles. The van der Waals surface area contributed by atoms with Gasteiger partial charge in [0.25, 0.3) is 0 Å². The van der Waals surface area contributed by atoms with E-state index in [4.69, 9.17) is 0 Å². The summed E-state index contributed by atoms with van der Waals surface area (Å²) in [4.78, 5) is 16.8. The Hall–Kier alpha value is -1.84. The molecule has 0 unspecified atom stereocenters. The highest BCUT2D eigenvalue weighted by molar-refractivity contribution is 5.76. The SMILES string of the molecule is O=C(CCc1cn2ccccc2n1)N[C@H]1CC[C@@H]2CCC[C@@H]21. The van der Waals surface area contributed by atoms with Gasteiger partial charge in [-0.3, -0.25) is 4.79 Å². The monoisotopic (exact) mass is 297 g/mol. The Bertz CT molecular complexity index is 645. The fourth-order valence-corrected chi connectivity index (χ4v) is 4.37. The number of aryl methyl sites for hydroxylation is 1. The lowest BCUT2D eigenvalue weighted by Gasteiger charge is -2.19. The first-order valence-electron chi connectivity index (χ1n) is 8.51. The number of hydrogen-bond acceptors (Lipinski definition) is 2. The van der Waals surface area contributed by atoms with Gasteiger partial charge in [0.2, 0.25) is 5.91 Å². The van der Waals surface area contributed by atoms with Crippen molar-refractivity contribution >= 4 is 11.6 Å². The molecule has 2 aromatic rings. The maximum absolute atomic E-state index is 12.2. The molecule has 2 fully saturated rings. The fraction of sp³-hybridized carbons (Fsp3) is 0.556. The van der Waals surface area contributed by atoms with E-state index in [0.29, 0.717) is 18.9 Å². The maximum Gasteiger partial charge on any atom is 0.220 e. The number of imidazole rings is 1. The normalized spacial score (nSPS) is 27.2. The average Bonchev–Trinajstić information content (AvgIpc) is 3.21. The van der Waals surface area contributed by atoms with E-state index in [0.717, 1.165) is 23.2 Å². The number of carbonyl (C=O) groups is 1. The average molecular weight is 297 g/mol. The number of rotatable bonds is 4. The van der Waals surface area contributed by atoms with Crippen LogP contribution in [0.3, 0.4) is 0 Å². The van der Waals surface area contributed by atoms with Crippen molar-refractivity contribution < 1.29 is 4.79 Å². The van der Waals surface area contributed by atoms with E-state index in [1.54, 1.807) is 0 Å². The molecule has 0 aliphatic heterocycles. The Morgan fingerprint density at radius 2 is 2.23 bits per heavy atom. The highest BCUT2D eigenvalue weighted by atomic mass is 16.1. The molecule has 116 valence electrons. The summed E-state index contributed by atoms with van der Waals surface area (Å²) < 4.78 is 2.01. The quantitative estimate of drug-likeness (QED) is 0.943. The van der Waals surface area contributed by atoms with Gasteiger partial charge in [-0.15, -0.1) is 0 Å². The summed E-state index contributed by atoms with van der Waals surface area (Å²) in [5.74, 6) is 1.82. The summed E-state index contributed by atoms with van der Waals surface area (Å²) in [6.45, 7) is 0. The number of fused-ring (bicyclic) bond motifs is 2. The number of nitrogens with zero attached hydrogens (tertiary/aromatic N) is 2. The van der Waals surface area contributed by atoms with Gasteiger partial charge in [-0.1, -0.05) is 18.9 Å². The molecule has 0 bridgehead atoms. The number of aromatic nitrogens is 2. The van der Waals surface area contributed by atoms with Gasteiger partial charge in [0.05, 0.1) is 5.69 Å². The van der Waals surface area contributed by atoms with Crippen molar-refractivity contribution in [3.63, 3.8) is 0 Å². The maximum atomic E-state index is 12.2. The second-order valence-corrected chi connectivity index (χ2v) is 6.80. The Balaban J connectivity index is 1.32. The lowest BCUT2D eigenvalue weighted by Crippen LogP contribution is -2.37. The minimum Gasteiger partial charge on any atom is -0.353 e. The van der Waals surface area contributed by atoms with Gasteiger partial charge in [0.1, 0.15) is 5.65 Å². The number of hydrogen-bond donors (Lipinski definition) is 1. The van der Waals surface area contributed by atoms with Crippen LogP contribution in [0.5, 0.6) is 0 Å². The zero-order valence-corrected chi connectivity index (χ0v) is 12.9. The molecule has 0 radical (unpaired) electrons. The fourth-order valence-electron chi connectivity index (χ4n) is 4.37. The molecule has 4 heteroatoms. The third kappa shape index (κ3) is 2.62. The standard InChI is InChI=1S/C18H23N3O/c22-18(20-16-9-7-13-4-3-5-15(13)16)10-8-14-12-21-11-2-1-6-17(21)19-14/h1-2,6,11-13,15-16H,3-5,7-10H2,(H,20,22)/t13-,15-,16-/m0/s1. The topological polar surface area (TPSA) is 46.4 Å². The minimum absolute atomic E-state index is 0.189. The van der Waals surface area contributed by atoms with Crippen LogP contribution in [-0.2, 0) is 11.2 Å². The van der Waals surface area contributed by atoms with E-state index in [1.807, 2.05) is 35.0 Å². The summed E-state index contributed by atoms with van der Waals surface area (Å²) in [5, 5.41) is 3.28. The number of amides is 1. The van der Waals surface area contributed by atoms with Crippen LogP contribution in [0.2, 0.25) is 0 Å². The van der Waals surface area contributed by atoms with Gasteiger partial charge in [-0.2, -0.15) is 0 Å². The van der Waals surface area contributed by atoms with Crippen LogP contribution in [0.15, 0.2) is 30.6 Å². The van der Waals surface area contributed by atoms with Crippen LogP contribution >= 0.6 is 0 Å². The Morgan fingerprint density at radius 1 is 1.27 bits per heavy atom. The molecule has 22 heavy (non-hydrogen) atoms. The van der Waals surface area contributed by atoms with E-state index in [9.17, 15) is 4.79 Å². The molecular formula is C18H23N3O. The van der Waals surface area contributed by atoms with Crippen LogP contribution in [-0.4, -0.2) is 21.3 Å². The van der Waals surface area contributed by atoms with Crippen molar-refractivity contribution in [1.29, 1.82) is 0 Å². The van der Waals surface area contributed by atoms with Gasteiger partial charge < -0.3 is 9.72 Å². The van der Waals surface area contributed by atoms with Gasteiger partial charge in [0, 0.05) is 24.9 Å². The molecule has 2 aliphatic rings. The second-order valence-electron chi connectivity index (χ2n) is 6.80. The van der Waals surface area contributed by atoms with Gasteiger partial charge in [0.15, 0.2) is 0 Å². The van der Waals surface area contributed by atoms with E-state index in [-0.39, 0.29) is 5.91 Å². The highest BCUT2D eigenvalue weighted by Crippen LogP contribution is 2.43. The Kier molecular flexibility index (Phi) is 3.60. The Labute approximate surface area is 130 Å². The van der Waals surface area contributed by atoms with Crippen LogP contribution in [0.1, 0.15) is 44.2 Å². The molecule has 3 atom stereocenters. The molecule has 0 saturated heterocycles. The summed E-state index contributed by atoms with van der Waals surface area (Å²) >= 11 is 0. The molecule has 0 spiro atoms. The second kappa shape index (κ2) is 5.75. The molecule has 1 N–H and O–H groups in total. The number of nitrogens with one attached hydrogen (secondary N) is 1. The van der Waals surface area contributed by atoms with Gasteiger partial charge in [-0.05, 0) is 49.7 Å². The van der Waals surface area contributed by atoms with E-state index in [1.165, 1.54) is 32.1 Å². The van der Waals surface area contributed by atoms with E-state index < -0.39 is 0 Å². The van der Waals surface area contributed by atoms with Crippen molar-refractivity contribution in [3.8, 4) is 0 Å². The van der Waals surface area contributed by atoms with Crippen molar-refractivity contribution in [2.24, 2.45) is 11.8 Å². The summed E-state index contributed by atoms with van der Waals surface area (Å²) in [6, 6.07) is 6.39. The predicted molar refractivity (Wildman–Crippen MR) is 85.5 cm³/mol. The zero-order chi connectivity index (χ0) is 14.9. The first kappa shape index (κ1) is 13.8. The molecule has 2 heterocycles. The third-order valence-corrected chi connectivity index (χ3v) is 5.45. The molecule has 1 amide bonds. The molecule has 4 nitrogen and oxygen atoms in total. The van der Waals surface area contributed by atoms with Crippen LogP contribution in [0.4, 0.5) is 0 Å². The molecule has 0 aromatic carbocycles. The highest BCUT2D eigenvalue weighted by Gasteiger charge is 2.39. The molecule has 4 rings (SSSR count). The van der Waals surface area contributed by atoms with Crippen LogP contribution in [0, 0.1) is 11.8 Å². The van der Waals surface area contributed by atoms with Crippen molar-refractivity contribution in [2.45, 2.75) is 51.0 Å². The smallest absolute Gasteiger partial charge is 0.220 e. The Morgan fingerprint density at radius 3 is 3.14 bits per heavy atom.